The minimum Gasteiger partial charge on any atom is -0.493 e. The largest absolute Gasteiger partial charge is 0.493 e. The van der Waals surface area contributed by atoms with Crippen LogP contribution in [0.25, 0.3) is 0 Å². The Bertz CT molecular complexity index is 1020. The van der Waals surface area contributed by atoms with E-state index in [-0.39, 0.29) is 17.6 Å². The van der Waals surface area contributed by atoms with E-state index in [9.17, 15) is 14.0 Å². The maximum atomic E-state index is 14.0. The van der Waals surface area contributed by atoms with E-state index in [1.165, 1.54) is 6.07 Å². The second-order valence-corrected chi connectivity index (χ2v) is 9.61. The summed E-state index contributed by atoms with van der Waals surface area (Å²) in [5.41, 5.74) is 0.456. The molecule has 2 aliphatic rings. The molecule has 0 radical (unpaired) electrons. The number of carbonyl (C=O) groups is 2. The first-order chi connectivity index (χ1) is 16.3. The van der Waals surface area contributed by atoms with Crippen molar-refractivity contribution in [2.75, 3.05) is 46.0 Å². The van der Waals surface area contributed by atoms with E-state index in [1.807, 2.05) is 17.0 Å². The summed E-state index contributed by atoms with van der Waals surface area (Å²) in [6, 6.07) is 11.7. The van der Waals surface area contributed by atoms with Crippen molar-refractivity contribution in [1.82, 2.24) is 9.80 Å². The lowest BCUT2D eigenvalue weighted by Crippen LogP contribution is -2.49. The van der Waals surface area contributed by atoms with Gasteiger partial charge in [-0.2, -0.15) is 0 Å². The first-order valence-electron chi connectivity index (χ1n) is 11.6. The van der Waals surface area contributed by atoms with Crippen molar-refractivity contribution < 1.29 is 23.5 Å². The smallest absolute Gasteiger partial charge is 0.253 e. The number of rotatable bonds is 6. The molecule has 0 aromatic heterocycles. The molecular formula is C26H30ClFN2O4. The zero-order valence-corrected chi connectivity index (χ0v) is 20.2. The highest BCUT2D eigenvalue weighted by Gasteiger charge is 2.40. The molecule has 2 aliphatic heterocycles. The normalized spacial score (nSPS) is 18.0. The van der Waals surface area contributed by atoms with Crippen LogP contribution in [0, 0.1) is 18.2 Å². The minimum atomic E-state index is -0.398. The van der Waals surface area contributed by atoms with Crippen LogP contribution in [0.4, 0.5) is 4.39 Å². The molecule has 0 N–H and O–H groups in total. The molecule has 0 bridgehead atoms. The molecule has 2 saturated heterocycles. The lowest BCUT2D eigenvalue weighted by atomic mass is 9.75. The van der Waals surface area contributed by atoms with E-state index in [2.05, 4.69) is 0 Å². The van der Waals surface area contributed by atoms with Gasteiger partial charge in [-0.1, -0.05) is 17.7 Å². The average Bonchev–Trinajstić information content (AvgIpc) is 2.86. The predicted octanol–water partition coefficient (Wildman–Crippen LogP) is 4.34. The third kappa shape index (κ3) is 5.88. The van der Waals surface area contributed by atoms with E-state index in [0.29, 0.717) is 87.2 Å². The number of aryl methyl sites for hydroxylation is 1. The van der Waals surface area contributed by atoms with Gasteiger partial charge in [-0.05, 0) is 61.7 Å². The summed E-state index contributed by atoms with van der Waals surface area (Å²) in [4.78, 5) is 29.7. The van der Waals surface area contributed by atoms with Gasteiger partial charge < -0.3 is 19.3 Å². The van der Waals surface area contributed by atoms with Crippen LogP contribution < -0.4 is 4.74 Å². The number of halogens is 2. The average molecular weight is 489 g/mol. The summed E-state index contributed by atoms with van der Waals surface area (Å²) in [5.74, 6) is 0.204. The molecular weight excluding hydrogens is 459 g/mol. The fourth-order valence-electron chi connectivity index (χ4n) is 4.48. The van der Waals surface area contributed by atoms with Crippen molar-refractivity contribution in [2.24, 2.45) is 5.41 Å². The molecule has 2 amide bonds. The third-order valence-electron chi connectivity index (χ3n) is 6.78. The van der Waals surface area contributed by atoms with Crippen LogP contribution in [0.15, 0.2) is 42.5 Å². The van der Waals surface area contributed by atoms with Crippen molar-refractivity contribution in [3.05, 3.63) is 64.4 Å². The van der Waals surface area contributed by atoms with Crippen molar-refractivity contribution in [3.8, 4) is 5.75 Å². The number of ether oxygens (including phenoxy) is 2. The Morgan fingerprint density at radius 1 is 1.03 bits per heavy atom. The molecule has 2 aromatic rings. The number of morpholine rings is 1. The van der Waals surface area contributed by atoms with E-state index < -0.39 is 5.41 Å². The zero-order valence-electron chi connectivity index (χ0n) is 19.4. The second kappa shape index (κ2) is 10.7. The lowest BCUT2D eigenvalue weighted by Gasteiger charge is -2.42. The van der Waals surface area contributed by atoms with Crippen LogP contribution in [0.3, 0.4) is 0 Å². The number of hydrogen-bond donors (Lipinski definition) is 0. The Morgan fingerprint density at radius 2 is 1.71 bits per heavy atom. The third-order valence-corrected chi connectivity index (χ3v) is 7.03. The standard InChI is InChI=1S/C26H30ClFN2O4/c1-19-2-3-20(16-23(19)28)25(32)30-10-8-26(9-11-30,17-24(31)29-12-14-33-15-13-29)18-34-22-6-4-21(27)5-7-22/h2-7,16H,8-15,17-18H2,1H3. The summed E-state index contributed by atoms with van der Waals surface area (Å²) >= 11 is 5.98. The number of likely N-dealkylation sites (tertiary alicyclic amines) is 1. The summed E-state index contributed by atoms with van der Waals surface area (Å²) in [6.45, 7) is 5.29. The minimum absolute atomic E-state index is 0.0865. The number of nitrogens with zero attached hydrogens (tertiary/aromatic N) is 2. The number of benzene rings is 2. The van der Waals surface area contributed by atoms with Crippen molar-refractivity contribution in [3.63, 3.8) is 0 Å². The van der Waals surface area contributed by atoms with Crippen LogP contribution in [-0.2, 0) is 9.53 Å². The molecule has 34 heavy (non-hydrogen) atoms. The Hall–Kier alpha value is -2.64. The SMILES string of the molecule is Cc1ccc(C(=O)N2CCC(COc3ccc(Cl)cc3)(CC(=O)N3CCOCC3)CC2)cc1F. The van der Waals surface area contributed by atoms with Gasteiger partial charge in [-0.25, -0.2) is 4.39 Å². The van der Waals surface area contributed by atoms with Gasteiger partial charge in [0.25, 0.3) is 5.91 Å². The number of piperidine rings is 1. The fourth-order valence-corrected chi connectivity index (χ4v) is 4.60. The van der Waals surface area contributed by atoms with Gasteiger partial charge in [0.2, 0.25) is 5.91 Å². The molecule has 0 atom stereocenters. The number of amides is 2. The molecule has 182 valence electrons. The summed E-state index contributed by atoms with van der Waals surface area (Å²) in [6.07, 6.45) is 1.59. The van der Waals surface area contributed by atoms with Gasteiger partial charge in [0.15, 0.2) is 0 Å². The summed E-state index contributed by atoms with van der Waals surface area (Å²) in [5, 5.41) is 0.629. The fraction of sp³-hybridized carbons (Fsp3) is 0.462. The molecule has 0 saturated carbocycles. The van der Waals surface area contributed by atoms with Gasteiger partial charge in [-0.3, -0.25) is 9.59 Å². The number of hydrogen-bond acceptors (Lipinski definition) is 4. The van der Waals surface area contributed by atoms with Gasteiger partial charge in [-0.15, -0.1) is 0 Å². The van der Waals surface area contributed by atoms with Crippen molar-refractivity contribution in [2.45, 2.75) is 26.2 Å². The molecule has 2 aromatic carbocycles. The van der Waals surface area contributed by atoms with Crippen LogP contribution in [0.5, 0.6) is 5.75 Å². The maximum Gasteiger partial charge on any atom is 0.253 e. The monoisotopic (exact) mass is 488 g/mol. The Morgan fingerprint density at radius 3 is 2.35 bits per heavy atom. The van der Waals surface area contributed by atoms with Gasteiger partial charge in [0, 0.05) is 48.6 Å². The van der Waals surface area contributed by atoms with Crippen LogP contribution >= 0.6 is 11.6 Å². The molecule has 2 heterocycles. The molecule has 6 nitrogen and oxygen atoms in total. The second-order valence-electron chi connectivity index (χ2n) is 9.17. The van der Waals surface area contributed by atoms with Crippen LogP contribution in [-0.4, -0.2) is 67.6 Å². The van der Waals surface area contributed by atoms with E-state index in [1.54, 1.807) is 36.1 Å². The van der Waals surface area contributed by atoms with Crippen molar-refractivity contribution >= 4 is 23.4 Å². The highest BCUT2D eigenvalue weighted by Crippen LogP contribution is 2.37. The van der Waals surface area contributed by atoms with E-state index in [0.717, 1.165) is 0 Å². The summed E-state index contributed by atoms with van der Waals surface area (Å²) in [7, 11) is 0. The van der Waals surface area contributed by atoms with Gasteiger partial charge in [0.1, 0.15) is 11.6 Å². The van der Waals surface area contributed by atoms with Crippen molar-refractivity contribution in [1.29, 1.82) is 0 Å². The molecule has 0 unspecified atom stereocenters. The quantitative estimate of drug-likeness (QED) is 0.607. The molecule has 4 rings (SSSR count). The summed E-state index contributed by atoms with van der Waals surface area (Å²) < 4.78 is 25.5. The van der Waals surface area contributed by atoms with E-state index in [4.69, 9.17) is 21.1 Å². The maximum absolute atomic E-state index is 14.0. The van der Waals surface area contributed by atoms with Crippen LogP contribution in [0.1, 0.15) is 35.2 Å². The molecule has 8 heteroatoms. The Labute approximate surface area is 204 Å². The molecule has 2 fully saturated rings. The first-order valence-corrected chi connectivity index (χ1v) is 12.0. The highest BCUT2D eigenvalue weighted by molar-refractivity contribution is 6.30. The van der Waals surface area contributed by atoms with E-state index >= 15 is 0 Å². The zero-order chi connectivity index (χ0) is 24.1. The molecule has 0 spiro atoms. The first kappa shape index (κ1) is 24.5. The number of carbonyl (C=O) groups excluding carboxylic acids is 2. The Balaban J connectivity index is 1.45. The van der Waals surface area contributed by atoms with Gasteiger partial charge >= 0.3 is 0 Å². The highest BCUT2D eigenvalue weighted by atomic mass is 35.5. The lowest BCUT2D eigenvalue weighted by molar-refractivity contribution is -0.139. The topological polar surface area (TPSA) is 59.1 Å². The Kier molecular flexibility index (Phi) is 7.73. The van der Waals surface area contributed by atoms with Gasteiger partial charge in [0.05, 0.1) is 19.8 Å². The predicted molar refractivity (Wildman–Crippen MR) is 128 cm³/mol. The molecule has 0 aliphatic carbocycles. The van der Waals surface area contributed by atoms with Crippen LogP contribution in [0.2, 0.25) is 5.02 Å².